The molecule has 1 fully saturated rings. The molecule has 0 atom stereocenters. The summed E-state index contributed by atoms with van der Waals surface area (Å²) in [7, 11) is 0. The molecule has 1 aromatic heterocycles. The number of hydrogen-bond donors (Lipinski definition) is 0. The van der Waals surface area contributed by atoms with Gasteiger partial charge in [0.05, 0.1) is 24.0 Å². The first-order valence-corrected chi connectivity index (χ1v) is 9.58. The second-order valence-electron chi connectivity index (χ2n) is 7.16. The molecular formula is C23H22FN3O. The lowest BCUT2D eigenvalue weighted by Crippen LogP contribution is -2.38. The van der Waals surface area contributed by atoms with Crippen LogP contribution in [0.5, 0.6) is 0 Å². The number of carbonyl (C=O) groups excluding carboxylic acids is 1. The number of rotatable bonds is 4. The fraction of sp³-hybridized carbons (Fsp3) is 0.261. The summed E-state index contributed by atoms with van der Waals surface area (Å²) >= 11 is 0. The van der Waals surface area contributed by atoms with E-state index in [9.17, 15) is 9.18 Å². The summed E-state index contributed by atoms with van der Waals surface area (Å²) in [6.45, 7) is 1.45. The lowest BCUT2D eigenvalue weighted by molar-refractivity contribution is -0.131. The topological polar surface area (TPSA) is 46.1 Å². The molecule has 28 heavy (non-hydrogen) atoms. The van der Waals surface area contributed by atoms with Gasteiger partial charge in [-0.05, 0) is 30.5 Å². The van der Waals surface area contributed by atoms with Gasteiger partial charge in [0.2, 0.25) is 5.91 Å². The van der Waals surface area contributed by atoms with Crippen molar-refractivity contribution in [2.45, 2.75) is 25.2 Å². The Hall–Kier alpha value is -3.08. The van der Waals surface area contributed by atoms with Gasteiger partial charge in [0.1, 0.15) is 5.82 Å². The maximum atomic E-state index is 13.5. The van der Waals surface area contributed by atoms with E-state index in [0.717, 1.165) is 42.8 Å². The summed E-state index contributed by atoms with van der Waals surface area (Å²) in [5, 5.41) is 0. The monoisotopic (exact) mass is 375 g/mol. The number of nitrogens with zero attached hydrogens (tertiary/aromatic N) is 3. The van der Waals surface area contributed by atoms with Crippen LogP contribution < -0.4 is 0 Å². The van der Waals surface area contributed by atoms with E-state index in [2.05, 4.69) is 4.98 Å². The van der Waals surface area contributed by atoms with Crippen LogP contribution in [-0.4, -0.2) is 33.9 Å². The van der Waals surface area contributed by atoms with Crippen LogP contribution in [0.1, 0.15) is 30.0 Å². The quantitative estimate of drug-likeness (QED) is 0.685. The molecule has 1 amide bonds. The van der Waals surface area contributed by atoms with Crippen molar-refractivity contribution >= 4 is 5.91 Å². The third-order valence-electron chi connectivity index (χ3n) is 5.24. The smallest absolute Gasteiger partial charge is 0.226 e. The molecule has 4 nitrogen and oxygen atoms in total. The van der Waals surface area contributed by atoms with E-state index in [1.807, 2.05) is 41.3 Å². The molecule has 5 heteroatoms. The van der Waals surface area contributed by atoms with Gasteiger partial charge in [-0.2, -0.15) is 0 Å². The molecule has 4 rings (SSSR count). The lowest BCUT2D eigenvalue weighted by atomic mass is 9.93. The molecule has 0 saturated carbocycles. The van der Waals surface area contributed by atoms with E-state index in [1.165, 1.54) is 12.1 Å². The number of halogens is 1. The number of carbonyl (C=O) groups is 1. The Kier molecular flexibility index (Phi) is 5.42. The second-order valence-corrected chi connectivity index (χ2v) is 7.16. The van der Waals surface area contributed by atoms with E-state index in [4.69, 9.17) is 4.98 Å². The predicted octanol–water partition coefficient (Wildman–Crippen LogP) is 4.23. The largest absolute Gasteiger partial charge is 0.342 e. The van der Waals surface area contributed by atoms with Crippen molar-refractivity contribution in [3.05, 3.63) is 84.1 Å². The van der Waals surface area contributed by atoms with Crippen molar-refractivity contribution < 1.29 is 9.18 Å². The minimum atomic E-state index is -0.282. The Labute approximate surface area is 164 Å². The third-order valence-corrected chi connectivity index (χ3v) is 5.24. The van der Waals surface area contributed by atoms with E-state index in [0.29, 0.717) is 12.1 Å². The molecule has 2 heterocycles. The lowest BCUT2D eigenvalue weighted by Gasteiger charge is -2.32. The van der Waals surface area contributed by atoms with Crippen LogP contribution in [0, 0.1) is 5.82 Å². The van der Waals surface area contributed by atoms with E-state index < -0.39 is 0 Å². The van der Waals surface area contributed by atoms with Gasteiger partial charge in [-0.15, -0.1) is 0 Å². The Morgan fingerprint density at radius 1 is 1.04 bits per heavy atom. The van der Waals surface area contributed by atoms with Gasteiger partial charge in [-0.1, -0.05) is 42.5 Å². The molecule has 0 radical (unpaired) electrons. The van der Waals surface area contributed by atoms with Crippen molar-refractivity contribution in [1.29, 1.82) is 0 Å². The van der Waals surface area contributed by atoms with Crippen molar-refractivity contribution in [3.63, 3.8) is 0 Å². The minimum Gasteiger partial charge on any atom is -0.342 e. The van der Waals surface area contributed by atoms with Crippen LogP contribution in [-0.2, 0) is 11.2 Å². The zero-order valence-electron chi connectivity index (χ0n) is 15.6. The van der Waals surface area contributed by atoms with Gasteiger partial charge >= 0.3 is 0 Å². The minimum absolute atomic E-state index is 0.171. The highest BCUT2D eigenvalue weighted by Gasteiger charge is 2.25. The Balaban J connectivity index is 1.40. The Bertz CT molecular complexity index is 953. The molecule has 0 bridgehead atoms. The molecular weight excluding hydrogens is 353 g/mol. The molecule has 0 aliphatic carbocycles. The SMILES string of the molecule is O=C(Cc1ccccc1)N1CCC(c2cncc(-c3cccc(F)c3)n2)CC1. The number of piperidine rings is 1. The highest BCUT2D eigenvalue weighted by Crippen LogP contribution is 2.28. The van der Waals surface area contributed by atoms with Crippen molar-refractivity contribution in [2.24, 2.45) is 0 Å². The van der Waals surface area contributed by atoms with E-state index in [-0.39, 0.29) is 17.6 Å². The average Bonchev–Trinajstić information content (AvgIpc) is 2.75. The van der Waals surface area contributed by atoms with Gasteiger partial charge < -0.3 is 4.90 Å². The van der Waals surface area contributed by atoms with E-state index in [1.54, 1.807) is 18.5 Å². The first-order valence-electron chi connectivity index (χ1n) is 9.58. The second kappa shape index (κ2) is 8.30. The Morgan fingerprint density at radius 3 is 2.57 bits per heavy atom. The Morgan fingerprint density at radius 2 is 1.82 bits per heavy atom. The van der Waals surface area contributed by atoms with Gasteiger partial charge in [-0.25, -0.2) is 9.37 Å². The number of aromatic nitrogens is 2. The van der Waals surface area contributed by atoms with Gasteiger partial charge in [-0.3, -0.25) is 9.78 Å². The molecule has 142 valence electrons. The average molecular weight is 375 g/mol. The van der Waals surface area contributed by atoms with Gasteiger partial charge in [0, 0.05) is 30.8 Å². The number of hydrogen-bond acceptors (Lipinski definition) is 3. The van der Waals surface area contributed by atoms with Crippen LogP contribution in [0.15, 0.2) is 67.0 Å². The molecule has 3 aromatic rings. The number of likely N-dealkylation sites (tertiary alicyclic amines) is 1. The summed E-state index contributed by atoms with van der Waals surface area (Å²) in [6.07, 6.45) is 5.62. The van der Waals surface area contributed by atoms with E-state index >= 15 is 0 Å². The summed E-state index contributed by atoms with van der Waals surface area (Å²) in [5.74, 6) is 0.154. The third kappa shape index (κ3) is 4.25. The fourth-order valence-corrected chi connectivity index (χ4v) is 3.67. The van der Waals surface area contributed by atoms with Crippen LogP contribution in [0.4, 0.5) is 4.39 Å². The van der Waals surface area contributed by atoms with Gasteiger partial charge in [0.25, 0.3) is 0 Å². The van der Waals surface area contributed by atoms with Crippen LogP contribution in [0.3, 0.4) is 0 Å². The molecule has 1 aliphatic heterocycles. The first-order chi connectivity index (χ1) is 13.7. The molecule has 2 aromatic carbocycles. The normalized spacial score (nSPS) is 14.8. The van der Waals surface area contributed by atoms with Crippen molar-refractivity contribution in [3.8, 4) is 11.3 Å². The first kappa shape index (κ1) is 18.3. The van der Waals surface area contributed by atoms with Crippen LogP contribution in [0.2, 0.25) is 0 Å². The van der Waals surface area contributed by atoms with Crippen molar-refractivity contribution in [1.82, 2.24) is 14.9 Å². The molecule has 0 N–H and O–H groups in total. The maximum absolute atomic E-state index is 13.5. The summed E-state index contributed by atoms with van der Waals surface area (Å²) in [5.41, 5.74) is 3.37. The zero-order valence-corrected chi connectivity index (χ0v) is 15.6. The molecule has 1 aliphatic rings. The molecule has 1 saturated heterocycles. The highest BCUT2D eigenvalue weighted by atomic mass is 19.1. The summed E-state index contributed by atoms with van der Waals surface area (Å²) in [4.78, 5) is 23.5. The summed E-state index contributed by atoms with van der Waals surface area (Å²) in [6, 6.07) is 16.2. The van der Waals surface area contributed by atoms with Crippen LogP contribution in [0.25, 0.3) is 11.3 Å². The van der Waals surface area contributed by atoms with Gasteiger partial charge in [0.15, 0.2) is 0 Å². The predicted molar refractivity (Wildman–Crippen MR) is 106 cm³/mol. The van der Waals surface area contributed by atoms with Crippen LogP contribution >= 0.6 is 0 Å². The highest BCUT2D eigenvalue weighted by molar-refractivity contribution is 5.78. The zero-order chi connectivity index (χ0) is 19.3. The summed E-state index contributed by atoms with van der Waals surface area (Å²) < 4.78 is 13.5. The van der Waals surface area contributed by atoms with Crippen molar-refractivity contribution in [2.75, 3.05) is 13.1 Å². The maximum Gasteiger partial charge on any atom is 0.226 e. The standard InChI is InChI=1S/C23H22FN3O/c24-20-8-4-7-19(14-20)22-16-25-15-21(26-22)18-9-11-27(12-10-18)23(28)13-17-5-2-1-3-6-17/h1-8,14-16,18H,9-13H2. The number of benzene rings is 2. The fourth-order valence-electron chi connectivity index (χ4n) is 3.67. The molecule has 0 spiro atoms. The molecule has 0 unspecified atom stereocenters. The number of amides is 1.